The van der Waals surface area contributed by atoms with Gasteiger partial charge in [0.15, 0.2) is 5.82 Å². The van der Waals surface area contributed by atoms with E-state index in [2.05, 4.69) is 9.97 Å². The molecular weight excluding hydrogens is 623 g/mol. The quantitative estimate of drug-likeness (QED) is 0.178. The molecule has 13 heteroatoms. The topological polar surface area (TPSA) is 110 Å². The second kappa shape index (κ2) is 12.1. The fourth-order valence-electron chi connectivity index (χ4n) is 5.63. The van der Waals surface area contributed by atoms with Crippen molar-refractivity contribution in [2.24, 2.45) is 5.41 Å². The van der Waals surface area contributed by atoms with Gasteiger partial charge in [-0.15, -0.1) is 0 Å². The van der Waals surface area contributed by atoms with Gasteiger partial charge in [-0.3, -0.25) is 0 Å². The van der Waals surface area contributed by atoms with Crippen molar-refractivity contribution in [2.75, 3.05) is 13.2 Å². The van der Waals surface area contributed by atoms with E-state index in [-0.39, 0.29) is 64.6 Å². The van der Waals surface area contributed by atoms with Crippen molar-refractivity contribution >= 4 is 17.0 Å². The highest BCUT2D eigenvalue weighted by molar-refractivity contribution is 5.93. The average Bonchev–Trinajstić information content (AvgIpc) is 3.56. The standard InChI is InChI=1S/C34H25F5N4O4/c1-34(2)16-46-15-28(34)43-27-10-20(33(44)45)9-26(39)32(27)41-29(43)11-19-8-25(38)21(12-24(19)37)31-22(35)5-6-30(42-31)47-14-18-4-3-17(13-40)7-23(18)36/h3-10,12,28H,11,14-16H2,1-2H3,(H,44,45). The van der Waals surface area contributed by atoms with Crippen LogP contribution in [0.3, 0.4) is 0 Å². The van der Waals surface area contributed by atoms with E-state index in [1.165, 1.54) is 18.2 Å². The molecule has 1 aliphatic rings. The molecule has 1 atom stereocenters. The Morgan fingerprint density at radius 3 is 2.43 bits per heavy atom. The van der Waals surface area contributed by atoms with Crippen LogP contribution < -0.4 is 4.74 Å². The van der Waals surface area contributed by atoms with Crippen molar-refractivity contribution in [1.29, 1.82) is 5.26 Å². The first kappa shape index (κ1) is 31.6. The zero-order chi connectivity index (χ0) is 33.6. The van der Waals surface area contributed by atoms with Gasteiger partial charge in [-0.1, -0.05) is 19.9 Å². The van der Waals surface area contributed by atoms with E-state index in [0.717, 1.165) is 36.4 Å². The smallest absolute Gasteiger partial charge is 0.335 e. The number of aromatic carboxylic acids is 1. The number of benzene rings is 3. The fourth-order valence-corrected chi connectivity index (χ4v) is 5.63. The lowest BCUT2D eigenvalue weighted by Crippen LogP contribution is -2.27. The van der Waals surface area contributed by atoms with Gasteiger partial charge in [0, 0.05) is 29.0 Å². The fraction of sp³-hybridized carbons (Fsp3) is 0.235. The first-order chi connectivity index (χ1) is 22.4. The maximum Gasteiger partial charge on any atom is 0.335 e. The van der Waals surface area contributed by atoms with Crippen LogP contribution in [-0.4, -0.2) is 38.8 Å². The number of fused-ring (bicyclic) bond motifs is 1. The van der Waals surface area contributed by atoms with Crippen LogP contribution in [0.25, 0.3) is 22.3 Å². The van der Waals surface area contributed by atoms with Gasteiger partial charge in [0.25, 0.3) is 0 Å². The van der Waals surface area contributed by atoms with Gasteiger partial charge in [-0.2, -0.15) is 5.26 Å². The third kappa shape index (κ3) is 5.99. The Kier molecular flexibility index (Phi) is 8.15. The maximum absolute atomic E-state index is 15.6. The van der Waals surface area contributed by atoms with Crippen LogP contribution in [0.4, 0.5) is 22.0 Å². The summed E-state index contributed by atoms with van der Waals surface area (Å²) in [6.45, 7) is 4.03. The highest BCUT2D eigenvalue weighted by atomic mass is 19.1. The molecule has 1 fully saturated rings. The highest BCUT2D eigenvalue weighted by Crippen LogP contribution is 2.41. The molecule has 0 aliphatic carbocycles. The van der Waals surface area contributed by atoms with E-state index < -0.39 is 57.8 Å². The summed E-state index contributed by atoms with van der Waals surface area (Å²) in [6, 6.07) is 11.0. The third-order valence-corrected chi connectivity index (χ3v) is 8.15. The number of hydrogen-bond donors (Lipinski definition) is 1. The molecule has 0 amide bonds. The summed E-state index contributed by atoms with van der Waals surface area (Å²) in [5, 5.41) is 18.4. The third-order valence-electron chi connectivity index (χ3n) is 8.15. The van der Waals surface area contributed by atoms with Crippen LogP contribution in [0.5, 0.6) is 5.88 Å². The number of imidazole rings is 1. The largest absolute Gasteiger partial charge is 0.478 e. The Morgan fingerprint density at radius 2 is 1.74 bits per heavy atom. The average molecular weight is 649 g/mol. The predicted molar refractivity (Wildman–Crippen MR) is 158 cm³/mol. The van der Waals surface area contributed by atoms with E-state index >= 15 is 13.2 Å². The van der Waals surface area contributed by atoms with Crippen molar-refractivity contribution < 1.29 is 41.3 Å². The van der Waals surface area contributed by atoms with Crippen LogP contribution in [0, 0.1) is 45.8 Å². The predicted octanol–water partition coefficient (Wildman–Crippen LogP) is 7.13. The molecule has 0 bridgehead atoms. The van der Waals surface area contributed by atoms with Crippen LogP contribution in [0.1, 0.15) is 52.8 Å². The zero-order valence-electron chi connectivity index (χ0n) is 25.0. The minimum absolute atomic E-state index is 0.0934. The molecule has 0 saturated carbocycles. The molecule has 5 aromatic rings. The maximum atomic E-state index is 15.6. The Morgan fingerprint density at radius 1 is 0.979 bits per heavy atom. The lowest BCUT2D eigenvalue weighted by molar-refractivity contribution is 0.0696. The minimum atomic E-state index is -1.34. The van der Waals surface area contributed by atoms with Crippen molar-refractivity contribution in [2.45, 2.75) is 32.9 Å². The van der Waals surface area contributed by atoms with E-state index in [9.17, 15) is 18.7 Å². The monoisotopic (exact) mass is 648 g/mol. The SMILES string of the molecule is CC1(C)COCC1n1c(Cc2cc(F)c(-c3nc(OCc4ccc(C#N)cc4F)ccc3F)cc2F)nc2c(F)cc(C(=O)O)cc21. The number of rotatable bonds is 8. The zero-order valence-corrected chi connectivity index (χ0v) is 25.0. The summed E-state index contributed by atoms with van der Waals surface area (Å²) in [5.74, 6) is -5.89. The second-order valence-electron chi connectivity index (χ2n) is 11.8. The summed E-state index contributed by atoms with van der Waals surface area (Å²) in [5.41, 5.74) is -1.78. The van der Waals surface area contributed by atoms with E-state index in [1.807, 2.05) is 19.9 Å². The summed E-state index contributed by atoms with van der Waals surface area (Å²) >= 11 is 0. The number of hydrogen-bond acceptors (Lipinski definition) is 6. The van der Waals surface area contributed by atoms with E-state index in [4.69, 9.17) is 14.7 Å². The first-order valence-corrected chi connectivity index (χ1v) is 14.3. The number of carboxylic acids is 1. The van der Waals surface area contributed by atoms with Crippen LogP contribution in [-0.2, 0) is 17.8 Å². The molecule has 8 nitrogen and oxygen atoms in total. The number of nitriles is 1. The van der Waals surface area contributed by atoms with Gasteiger partial charge in [0.2, 0.25) is 5.88 Å². The minimum Gasteiger partial charge on any atom is -0.478 e. The van der Waals surface area contributed by atoms with E-state index in [0.29, 0.717) is 6.61 Å². The number of aromatic nitrogens is 3. The number of pyridine rings is 1. The summed E-state index contributed by atoms with van der Waals surface area (Å²) in [6.07, 6.45) is -0.318. The molecule has 1 N–H and O–H groups in total. The molecular formula is C34H25F5N4O4. The van der Waals surface area contributed by atoms with Crippen molar-refractivity contribution in [3.8, 4) is 23.2 Å². The van der Waals surface area contributed by atoms with Gasteiger partial charge in [0.1, 0.15) is 46.9 Å². The van der Waals surface area contributed by atoms with Gasteiger partial charge in [-0.05, 0) is 48.0 Å². The molecule has 240 valence electrons. The summed E-state index contributed by atoms with van der Waals surface area (Å²) in [4.78, 5) is 20.0. The van der Waals surface area contributed by atoms with Gasteiger partial charge >= 0.3 is 5.97 Å². The Hall–Kier alpha value is -5.35. The van der Waals surface area contributed by atoms with Crippen molar-refractivity contribution in [3.63, 3.8) is 0 Å². The summed E-state index contributed by atoms with van der Waals surface area (Å²) < 4.78 is 88.2. The first-order valence-electron chi connectivity index (χ1n) is 14.3. The number of ether oxygens (including phenoxy) is 2. The van der Waals surface area contributed by atoms with E-state index in [1.54, 1.807) is 4.57 Å². The Balaban J connectivity index is 1.34. The molecule has 0 spiro atoms. The number of carbonyl (C=O) groups is 1. The molecule has 6 rings (SSSR count). The normalized spacial score (nSPS) is 15.6. The molecule has 3 aromatic carbocycles. The van der Waals surface area contributed by atoms with Gasteiger partial charge in [-0.25, -0.2) is 36.7 Å². The summed E-state index contributed by atoms with van der Waals surface area (Å²) in [7, 11) is 0. The number of halogens is 5. The van der Waals surface area contributed by atoms with Crippen molar-refractivity contribution in [1.82, 2.24) is 14.5 Å². The molecule has 0 radical (unpaired) electrons. The Bertz CT molecular complexity index is 2110. The van der Waals surface area contributed by atoms with Crippen LogP contribution >= 0.6 is 0 Å². The molecule has 1 unspecified atom stereocenters. The highest BCUT2D eigenvalue weighted by Gasteiger charge is 2.39. The second-order valence-corrected chi connectivity index (χ2v) is 11.8. The van der Waals surface area contributed by atoms with Crippen LogP contribution in [0.15, 0.2) is 54.6 Å². The van der Waals surface area contributed by atoms with Crippen molar-refractivity contribution in [3.05, 3.63) is 112 Å². The Labute approximate surface area is 264 Å². The molecule has 1 aliphatic heterocycles. The lowest BCUT2D eigenvalue weighted by atomic mass is 9.87. The lowest BCUT2D eigenvalue weighted by Gasteiger charge is -2.28. The molecule has 1 saturated heterocycles. The molecule has 47 heavy (non-hydrogen) atoms. The molecule has 3 heterocycles. The molecule has 2 aromatic heterocycles. The van der Waals surface area contributed by atoms with Gasteiger partial charge < -0.3 is 19.1 Å². The van der Waals surface area contributed by atoms with Gasteiger partial charge in [0.05, 0.1) is 42.0 Å². The van der Waals surface area contributed by atoms with Crippen LogP contribution in [0.2, 0.25) is 0 Å². The number of nitrogens with zero attached hydrogens (tertiary/aromatic N) is 4. The number of carboxylic acid groups (broad SMARTS) is 1.